The summed E-state index contributed by atoms with van der Waals surface area (Å²) in [5, 5.41) is 28.5. The van der Waals surface area contributed by atoms with Gasteiger partial charge in [-0.1, -0.05) is 46.8 Å². The summed E-state index contributed by atoms with van der Waals surface area (Å²) < 4.78 is -0.734. The maximum Gasteiger partial charge on any atom is 0.306 e. The SMILES string of the molecule is CSC(C)(C)[C@H](NC(C)=O)C(=O)N1CCC[C@H]1C(=O)N[C@@H](CCCN=C(N)N)C(=O)C[C@@H](CCCN=C(N)N)C(=O)N1CCC[C@H]1C(=O)C[C@@H](Cc1ccc(O)cc1)C(=O)N[C@H](C(=O)C[C@@H](CC(C)C)C(=O)O)C(C)(C)C. The number of nitrogens with one attached hydrogen (secondary N) is 3. The van der Waals surface area contributed by atoms with Crippen molar-refractivity contribution in [2.75, 3.05) is 32.4 Å². The fraction of sp³-hybridized carbons (Fsp3) is 0.685. The molecule has 2 saturated heterocycles. The van der Waals surface area contributed by atoms with Gasteiger partial charge < -0.3 is 58.9 Å². The zero-order chi connectivity index (χ0) is 57.9. The number of carboxylic acids is 1. The predicted octanol–water partition coefficient (Wildman–Crippen LogP) is 2.54. The molecule has 1 aromatic carbocycles. The minimum atomic E-state index is -1.15. The minimum Gasteiger partial charge on any atom is -0.508 e. The average molecular weight is 1100 g/mol. The van der Waals surface area contributed by atoms with Gasteiger partial charge in [-0.3, -0.25) is 53.1 Å². The average Bonchev–Trinajstić information content (AvgIpc) is 4.05. The van der Waals surface area contributed by atoms with Crippen LogP contribution in [0, 0.1) is 29.1 Å². The van der Waals surface area contributed by atoms with Crippen molar-refractivity contribution in [3.63, 3.8) is 0 Å². The summed E-state index contributed by atoms with van der Waals surface area (Å²) in [6, 6.07) is 0.960. The van der Waals surface area contributed by atoms with E-state index in [0.29, 0.717) is 24.8 Å². The third-order valence-electron chi connectivity index (χ3n) is 14.3. The number of rotatable bonds is 31. The van der Waals surface area contributed by atoms with E-state index in [4.69, 9.17) is 22.9 Å². The molecule has 13 N–H and O–H groups in total. The van der Waals surface area contributed by atoms with Gasteiger partial charge >= 0.3 is 5.97 Å². The van der Waals surface area contributed by atoms with E-state index in [1.165, 1.54) is 40.6 Å². The van der Waals surface area contributed by atoms with Gasteiger partial charge in [0.2, 0.25) is 29.5 Å². The fourth-order valence-corrected chi connectivity index (χ4v) is 10.4. The summed E-state index contributed by atoms with van der Waals surface area (Å²) >= 11 is 1.39. The van der Waals surface area contributed by atoms with Gasteiger partial charge in [-0.05, 0) is 113 Å². The van der Waals surface area contributed by atoms with Crippen LogP contribution in [0.15, 0.2) is 34.3 Å². The molecular weight excluding hydrogens is 1010 g/mol. The largest absolute Gasteiger partial charge is 0.508 e. The van der Waals surface area contributed by atoms with Crippen LogP contribution in [-0.4, -0.2) is 152 Å². The molecule has 2 heterocycles. The lowest BCUT2D eigenvalue weighted by atomic mass is 9.80. The molecule has 0 radical (unpaired) electrons. The number of hydrogen-bond acceptors (Lipinski definition) is 13. The van der Waals surface area contributed by atoms with Crippen LogP contribution in [0.25, 0.3) is 0 Å². The van der Waals surface area contributed by atoms with Crippen LogP contribution in [0.1, 0.15) is 138 Å². The number of thioether (sulfide) groups is 1. The normalized spacial score (nSPS) is 18.0. The van der Waals surface area contributed by atoms with Gasteiger partial charge in [-0.2, -0.15) is 11.8 Å². The second-order valence-corrected chi connectivity index (χ2v) is 24.0. The first-order valence-corrected chi connectivity index (χ1v) is 27.9. The van der Waals surface area contributed by atoms with E-state index >= 15 is 0 Å². The maximum absolute atomic E-state index is 14.9. The number of aliphatic carboxylic acids is 1. The van der Waals surface area contributed by atoms with Gasteiger partial charge in [0.05, 0.1) is 24.0 Å². The number of carboxylic acid groups (broad SMARTS) is 1. The van der Waals surface area contributed by atoms with Gasteiger partial charge in [-0.15, -0.1) is 0 Å². The third-order valence-corrected chi connectivity index (χ3v) is 15.6. The van der Waals surface area contributed by atoms with E-state index < -0.39 is 111 Å². The number of nitrogens with two attached hydrogens (primary N) is 4. The monoisotopic (exact) mass is 1100 g/mol. The molecule has 2 aliphatic heterocycles. The molecule has 0 aliphatic carbocycles. The Hall–Kier alpha value is -6.26. The van der Waals surface area contributed by atoms with Gasteiger partial charge in [-0.25, -0.2) is 0 Å². The number of benzene rings is 1. The first-order chi connectivity index (χ1) is 36.0. The molecule has 3 rings (SSSR count). The summed E-state index contributed by atoms with van der Waals surface area (Å²) in [4.78, 5) is 136. The molecule has 2 fully saturated rings. The molecule has 23 heteroatoms. The van der Waals surface area contributed by atoms with Crippen molar-refractivity contribution in [2.45, 2.75) is 174 Å². The van der Waals surface area contributed by atoms with E-state index in [2.05, 4.69) is 25.9 Å². The Morgan fingerprint density at radius 1 is 0.714 bits per heavy atom. The van der Waals surface area contributed by atoms with Gasteiger partial charge in [0.15, 0.2) is 29.3 Å². The number of carbonyl (C=O) groups is 9. The number of guanidine groups is 2. The van der Waals surface area contributed by atoms with Crippen LogP contribution >= 0.6 is 11.8 Å². The van der Waals surface area contributed by atoms with Crippen LogP contribution in [0.4, 0.5) is 0 Å². The molecule has 1 aromatic rings. The molecule has 22 nitrogen and oxygen atoms in total. The third kappa shape index (κ3) is 20.6. The standard InChI is InChI=1S/C54H87N11O11S/c1-31(2)26-36(50(75)76)30-43(70)44(53(4,5)6)63-46(71)35(27-33-18-20-37(67)21-19-33)29-42(69)39-16-12-24-64(39)48(73)34(14-10-22-59-51(55)56)28-41(68)38(15-11-23-60-52(57)58)62-47(72)40-17-13-25-65(40)49(74)45(61-32(3)66)54(7,8)77-9/h18-21,31,34-36,38-40,44-45,67H,10-17,22-30H2,1-9H3,(H,61,66)(H,62,72)(H,63,71)(H,75,76)(H4,55,56,59)(H4,57,58,60)/t34-,35-,36-,38+,39+,40+,44-,45-/m1/s1. The summed E-state index contributed by atoms with van der Waals surface area (Å²) in [7, 11) is 0. The zero-order valence-electron chi connectivity index (χ0n) is 46.6. The number of Topliss-reactive ketones (excluding diaryl/α,β-unsaturated/α-hetero) is 3. The summed E-state index contributed by atoms with van der Waals surface area (Å²) in [5.74, 6) is -8.44. The highest BCUT2D eigenvalue weighted by Crippen LogP contribution is 2.32. The van der Waals surface area contributed by atoms with Gasteiger partial charge in [0, 0.05) is 68.9 Å². The molecule has 5 amide bonds. The number of aliphatic imine (C=N–C) groups is 2. The lowest BCUT2D eigenvalue weighted by molar-refractivity contribution is -0.145. The molecule has 0 spiro atoms. The molecule has 430 valence electrons. The van der Waals surface area contributed by atoms with E-state index in [1.54, 1.807) is 32.9 Å². The first-order valence-electron chi connectivity index (χ1n) is 26.7. The van der Waals surface area contributed by atoms with E-state index in [1.807, 2.05) is 34.0 Å². The molecule has 0 saturated carbocycles. The van der Waals surface area contributed by atoms with Crippen molar-refractivity contribution in [2.24, 2.45) is 62.0 Å². The number of hydrogen-bond donors (Lipinski definition) is 9. The molecule has 0 bridgehead atoms. The quantitative estimate of drug-likeness (QED) is 0.0293. The lowest BCUT2D eigenvalue weighted by Crippen LogP contribution is -2.60. The molecular formula is C54H87N11O11S. The van der Waals surface area contributed by atoms with Crippen molar-refractivity contribution in [1.82, 2.24) is 25.8 Å². The number of aromatic hydroxyl groups is 1. The van der Waals surface area contributed by atoms with Gasteiger partial charge in [0.1, 0.15) is 17.8 Å². The molecule has 8 atom stereocenters. The van der Waals surface area contributed by atoms with Crippen molar-refractivity contribution in [1.29, 1.82) is 0 Å². The summed E-state index contributed by atoms with van der Waals surface area (Å²) in [5.41, 5.74) is 22.1. The Bertz CT molecular complexity index is 2290. The summed E-state index contributed by atoms with van der Waals surface area (Å²) in [6.45, 7) is 14.6. The van der Waals surface area contributed by atoms with Gasteiger partial charge in [0.25, 0.3) is 0 Å². The Balaban J connectivity index is 1.97. The van der Waals surface area contributed by atoms with Crippen LogP contribution in [0.5, 0.6) is 5.75 Å². The minimum absolute atomic E-state index is 0.00426. The number of amides is 5. The van der Waals surface area contributed by atoms with Crippen molar-refractivity contribution >= 4 is 76.5 Å². The van der Waals surface area contributed by atoms with Crippen molar-refractivity contribution < 1.29 is 53.4 Å². The molecule has 0 aromatic heterocycles. The number of likely N-dealkylation sites (tertiary alicyclic amines) is 2. The highest BCUT2D eigenvalue weighted by atomic mass is 32.2. The number of carbonyl (C=O) groups excluding carboxylic acids is 8. The first kappa shape index (κ1) is 65.0. The fourth-order valence-electron chi connectivity index (χ4n) is 10.0. The highest BCUT2D eigenvalue weighted by Gasteiger charge is 2.45. The van der Waals surface area contributed by atoms with Crippen LogP contribution in [0.2, 0.25) is 0 Å². The Morgan fingerprint density at radius 2 is 1.26 bits per heavy atom. The topological polar surface area (TPSA) is 365 Å². The second-order valence-electron chi connectivity index (χ2n) is 22.5. The van der Waals surface area contributed by atoms with Crippen LogP contribution < -0.4 is 38.9 Å². The van der Waals surface area contributed by atoms with E-state index in [0.717, 1.165) is 0 Å². The number of phenolic OH excluding ortho intramolecular Hbond substituents is 1. The molecule has 2 aliphatic rings. The lowest BCUT2D eigenvalue weighted by Gasteiger charge is -2.36. The maximum atomic E-state index is 14.9. The Morgan fingerprint density at radius 3 is 1.78 bits per heavy atom. The van der Waals surface area contributed by atoms with Crippen molar-refractivity contribution in [3.05, 3.63) is 29.8 Å². The molecule has 77 heavy (non-hydrogen) atoms. The van der Waals surface area contributed by atoms with Crippen molar-refractivity contribution in [3.8, 4) is 5.75 Å². The predicted molar refractivity (Wildman–Crippen MR) is 296 cm³/mol. The van der Waals surface area contributed by atoms with Crippen LogP contribution in [-0.2, 0) is 49.6 Å². The Labute approximate surface area is 457 Å². The zero-order valence-corrected chi connectivity index (χ0v) is 47.4. The number of nitrogens with zero attached hydrogens (tertiary/aromatic N) is 4. The smallest absolute Gasteiger partial charge is 0.306 e. The number of ketones is 3. The highest BCUT2D eigenvalue weighted by molar-refractivity contribution is 8.00. The van der Waals surface area contributed by atoms with E-state index in [-0.39, 0.29) is 114 Å². The summed E-state index contributed by atoms with van der Waals surface area (Å²) in [6.07, 6.45) is 3.27. The second kappa shape index (κ2) is 30.0. The Kier molecular flexibility index (Phi) is 25.4. The van der Waals surface area contributed by atoms with E-state index in [9.17, 15) is 53.4 Å². The van der Waals surface area contributed by atoms with Crippen LogP contribution in [0.3, 0.4) is 0 Å². The number of phenols is 1. The molecule has 0 unspecified atom stereocenters.